The van der Waals surface area contributed by atoms with Gasteiger partial charge in [0.1, 0.15) is 6.04 Å². The monoisotopic (exact) mass is 283 g/mol. The van der Waals surface area contributed by atoms with E-state index in [9.17, 15) is 14.4 Å². The van der Waals surface area contributed by atoms with Gasteiger partial charge in [0.25, 0.3) is 0 Å². The van der Waals surface area contributed by atoms with Gasteiger partial charge in [-0.1, -0.05) is 0 Å². The Balaban J connectivity index is 2.52. The summed E-state index contributed by atoms with van der Waals surface area (Å²) in [4.78, 5) is 34.8. The summed E-state index contributed by atoms with van der Waals surface area (Å²) in [6, 6.07) is -1.70. The fourth-order valence-electron chi connectivity index (χ4n) is 1.51. The molecule has 1 aromatic rings. The minimum atomic E-state index is -1.21. The van der Waals surface area contributed by atoms with Gasteiger partial charge < -0.3 is 21.1 Å². The summed E-state index contributed by atoms with van der Waals surface area (Å²) < 4.78 is 0. The van der Waals surface area contributed by atoms with Crippen molar-refractivity contribution < 1.29 is 19.5 Å². The smallest absolute Gasteiger partial charge is 0.326 e. The van der Waals surface area contributed by atoms with E-state index in [2.05, 4.69) is 15.5 Å². The lowest BCUT2D eigenvalue weighted by Crippen LogP contribution is -2.46. The first-order valence-corrected chi connectivity index (χ1v) is 5.90. The largest absolute Gasteiger partial charge is 0.480 e. The molecule has 0 unspecified atom stereocenters. The van der Waals surface area contributed by atoms with E-state index in [1.807, 2.05) is 0 Å². The molecule has 9 nitrogen and oxygen atoms in total. The Hall–Kier alpha value is -2.58. The molecule has 0 fully saturated rings. The zero-order chi connectivity index (χ0) is 15.1. The van der Waals surface area contributed by atoms with E-state index < -0.39 is 23.9 Å². The summed E-state index contributed by atoms with van der Waals surface area (Å²) in [5.41, 5.74) is 5.74. The number of nitrogens with two attached hydrogens (primary N) is 1. The third-order valence-electron chi connectivity index (χ3n) is 2.60. The van der Waals surface area contributed by atoms with Crippen molar-refractivity contribution in [1.82, 2.24) is 20.4 Å². The van der Waals surface area contributed by atoms with E-state index in [1.54, 1.807) is 12.4 Å². The Bertz CT molecular complexity index is 473. The number of carbonyl (C=O) groups excluding carboxylic acids is 2. The van der Waals surface area contributed by atoms with Gasteiger partial charge in [-0.25, -0.2) is 9.59 Å². The SMILES string of the molecule is CN(Cc1cn[nH]c1)C(=O)N[C@@H](CCC(N)=O)C(=O)O. The zero-order valence-electron chi connectivity index (χ0n) is 11.0. The molecule has 9 heteroatoms. The summed E-state index contributed by atoms with van der Waals surface area (Å²) in [7, 11) is 1.52. The van der Waals surface area contributed by atoms with Gasteiger partial charge >= 0.3 is 12.0 Å². The molecule has 0 spiro atoms. The van der Waals surface area contributed by atoms with Gasteiger partial charge in [-0.2, -0.15) is 5.10 Å². The molecule has 110 valence electrons. The summed E-state index contributed by atoms with van der Waals surface area (Å²) in [5.74, 6) is -1.83. The summed E-state index contributed by atoms with van der Waals surface area (Å²) >= 11 is 0. The van der Waals surface area contributed by atoms with Crippen LogP contribution in [0, 0.1) is 0 Å². The number of hydrogen-bond acceptors (Lipinski definition) is 4. The Morgan fingerprint density at radius 1 is 1.55 bits per heavy atom. The predicted molar refractivity (Wildman–Crippen MR) is 68.4 cm³/mol. The maximum Gasteiger partial charge on any atom is 0.326 e. The number of hydrogen-bond donors (Lipinski definition) is 4. The third-order valence-corrected chi connectivity index (χ3v) is 2.60. The summed E-state index contributed by atoms with van der Waals surface area (Å²) in [5, 5.41) is 17.7. The van der Waals surface area contributed by atoms with Crippen LogP contribution in [0.25, 0.3) is 0 Å². The highest BCUT2D eigenvalue weighted by molar-refractivity contribution is 5.83. The van der Waals surface area contributed by atoms with Gasteiger partial charge in [-0.05, 0) is 6.42 Å². The minimum absolute atomic E-state index is 0.0457. The van der Waals surface area contributed by atoms with Crippen molar-refractivity contribution in [2.45, 2.75) is 25.4 Å². The molecule has 0 bridgehead atoms. The van der Waals surface area contributed by atoms with Crippen molar-refractivity contribution in [2.75, 3.05) is 7.05 Å². The molecule has 0 aliphatic rings. The number of primary amides is 1. The van der Waals surface area contributed by atoms with E-state index in [1.165, 1.54) is 11.9 Å². The Morgan fingerprint density at radius 3 is 2.75 bits per heavy atom. The number of carbonyl (C=O) groups is 3. The molecule has 0 saturated heterocycles. The van der Waals surface area contributed by atoms with E-state index in [-0.39, 0.29) is 19.4 Å². The van der Waals surface area contributed by atoms with Crippen LogP contribution in [-0.2, 0) is 16.1 Å². The molecule has 0 aliphatic carbocycles. The average Bonchev–Trinajstić information content (AvgIpc) is 2.86. The van der Waals surface area contributed by atoms with Crippen molar-refractivity contribution in [2.24, 2.45) is 5.73 Å². The van der Waals surface area contributed by atoms with Crippen LogP contribution < -0.4 is 11.1 Å². The van der Waals surface area contributed by atoms with Crippen LogP contribution in [0.4, 0.5) is 4.79 Å². The Kier molecular flexibility index (Phi) is 5.51. The van der Waals surface area contributed by atoms with Gasteiger partial charge in [-0.3, -0.25) is 9.89 Å². The van der Waals surface area contributed by atoms with Gasteiger partial charge in [0.2, 0.25) is 5.91 Å². The normalized spacial score (nSPS) is 11.7. The van der Waals surface area contributed by atoms with Crippen LogP contribution in [0.2, 0.25) is 0 Å². The predicted octanol–water partition coefficient (Wildman–Crippen LogP) is -0.730. The first-order valence-electron chi connectivity index (χ1n) is 5.90. The minimum Gasteiger partial charge on any atom is -0.480 e. The molecular weight excluding hydrogens is 266 g/mol. The van der Waals surface area contributed by atoms with Crippen molar-refractivity contribution >= 4 is 17.9 Å². The molecule has 0 aliphatic heterocycles. The molecule has 1 rings (SSSR count). The second kappa shape index (κ2) is 7.12. The number of aromatic nitrogens is 2. The quantitative estimate of drug-likeness (QED) is 0.522. The van der Waals surface area contributed by atoms with E-state index in [4.69, 9.17) is 10.8 Å². The fraction of sp³-hybridized carbons (Fsp3) is 0.455. The lowest BCUT2D eigenvalue weighted by Gasteiger charge is -2.20. The molecule has 1 heterocycles. The van der Waals surface area contributed by atoms with Crippen LogP contribution in [-0.4, -0.2) is 51.2 Å². The number of urea groups is 1. The number of carboxylic acid groups (broad SMARTS) is 1. The third kappa shape index (κ3) is 4.96. The van der Waals surface area contributed by atoms with Crippen LogP contribution in [0.15, 0.2) is 12.4 Å². The molecule has 5 N–H and O–H groups in total. The van der Waals surface area contributed by atoms with Crippen molar-refractivity contribution in [3.05, 3.63) is 18.0 Å². The lowest BCUT2D eigenvalue weighted by molar-refractivity contribution is -0.139. The number of H-pyrrole nitrogens is 1. The molecule has 0 radical (unpaired) electrons. The number of aromatic amines is 1. The maximum atomic E-state index is 11.8. The number of nitrogens with zero attached hydrogens (tertiary/aromatic N) is 2. The number of aliphatic carboxylic acids is 1. The van der Waals surface area contributed by atoms with E-state index in [0.29, 0.717) is 0 Å². The number of nitrogens with one attached hydrogen (secondary N) is 2. The van der Waals surface area contributed by atoms with E-state index in [0.717, 1.165) is 5.56 Å². The Morgan fingerprint density at radius 2 is 2.25 bits per heavy atom. The number of carboxylic acids is 1. The van der Waals surface area contributed by atoms with Gasteiger partial charge in [0, 0.05) is 25.2 Å². The van der Waals surface area contributed by atoms with Crippen LogP contribution in [0.3, 0.4) is 0 Å². The van der Waals surface area contributed by atoms with Crippen molar-refractivity contribution in [3.8, 4) is 0 Å². The highest BCUT2D eigenvalue weighted by Gasteiger charge is 2.22. The van der Waals surface area contributed by atoms with Gasteiger partial charge in [0.15, 0.2) is 0 Å². The zero-order valence-corrected chi connectivity index (χ0v) is 11.0. The van der Waals surface area contributed by atoms with Gasteiger partial charge in [0.05, 0.1) is 12.7 Å². The standard InChI is InChI=1S/C11H17N5O4/c1-16(6-7-4-13-14-5-7)11(20)15-8(10(18)19)2-3-9(12)17/h4-5,8H,2-3,6H2,1H3,(H2,12,17)(H,13,14)(H,15,20)(H,18,19)/t8-/m0/s1. The highest BCUT2D eigenvalue weighted by atomic mass is 16.4. The molecule has 0 aromatic carbocycles. The molecule has 1 aromatic heterocycles. The second-order valence-corrected chi connectivity index (χ2v) is 4.31. The molecule has 1 atom stereocenters. The van der Waals surface area contributed by atoms with Gasteiger partial charge in [-0.15, -0.1) is 0 Å². The average molecular weight is 283 g/mol. The second-order valence-electron chi connectivity index (χ2n) is 4.31. The number of rotatable bonds is 7. The molecular formula is C11H17N5O4. The summed E-state index contributed by atoms with van der Waals surface area (Å²) in [6.45, 7) is 0.282. The molecule has 0 saturated carbocycles. The Labute approximate surface area is 115 Å². The van der Waals surface area contributed by atoms with Crippen LogP contribution in [0.1, 0.15) is 18.4 Å². The first kappa shape index (κ1) is 15.5. The van der Waals surface area contributed by atoms with E-state index >= 15 is 0 Å². The van der Waals surface area contributed by atoms with Crippen molar-refractivity contribution in [3.63, 3.8) is 0 Å². The first-order chi connectivity index (χ1) is 9.40. The summed E-state index contributed by atoms with van der Waals surface area (Å²) in [6.07, 6.45) is 3.04. The topological polar surface area (TPSA) is 141 Å². The van der Waals surface area contributed by atoms with Crippen molar-refractivity contribution in [1.29, 1.82) is 0 Å². The highest BCUT2D eigenvalue weighted by Crippen LogP contribution is 2.02. The maximum absolute atomic E-state index is 11.8. The van der Waals surface area contributed by atoms with Crippen LogP contribution >= 0.6 is 0 Å². The number of amides is 3. The molecule has 20 heavy (non-hydrogen) atoms. The molecule has 3 amide bonds. The lowest BCUT2D eigenvalue weighted by atomic mass is 10.1. The van der Waals surface area contributed by atoms with Crippen LogP contribution in [0.5, 0.6) is 0 Å². The fourth-order valence-corrected chi connectivity index (χ4v) is 1.51.